The van der Waals surface area contributed by atoms with Gasteiger partial charge in [-0.25, -0.2) is 0 Å². The third kappa shape index (κ3) is 3.62. The molecule has 0 aliphatic heterocycles. The Labute approximate surface area is 119 Å². The van der Waals surface area contributed by atoms with Gasteiger partial charge >= 0.3 is 0 Å². The molecule has 2 aromatic carbocycles. The predicted octanol–water partition coefficient (Wildman–Crippen LogP) is 2.89. The largest absolute Gasteiger partial charge is 0.487 e. The first-order chi connectivity index (χ1) is 9.86. The molecular weight excluding hydrogens is 256 g/mol. The van der Waals surface area contributed by atoms with Crippen LogP contribution in [0.25, 0.3) is 10.8 Å². The van der Waals surface area contributed by atoms with E-state index in [0.717, 1.165) is 22.3 Å². The van der Waals surface area contributed by atoms with E-state index in [-0.39, 0.29) is 0 Å². The summed E-state index contributed by atoms with van der Waals surface area (Å²) >= 11 is 0. The zero-order chi connectivity index (χ0) is 14.2. The molecule has 2 rings (SSSR count). The topological polar surface area (TPSA) is 36.9 Å². The van der Waals surface area contributed by atoms with Crippen LogP contribution in [0, 0.1) is 0 Å². The van der Waals surface area contributed by atoms with E-state index in [9.17, 15) is 0 Å². The van der Waals surface area contributed by atoms with E-state index in [4.69, 9.17) is 18.9 Å². The molecule has 0 saturated carbocycles. The summed E-state index contributed by atoms with van der Waals surface area (Å²) in [5.74, 6) is 1.49. The van der Waals surface area contributed by atoms with Crippen LogP contribution in [0.2, 0.25) is 0 Å². The zero-order valence-corrected chi connectivity index (χ0v) is 11.9. The minimum absolute atomic E-state index is 0.491. The van der Waals surface area contributed by atoms with E-state index in [1.165, 1.54) is 0 Å². The average molecular weight is 276 g/mol. The van der Waals surface area contributed by atoms with Crippen LogP contribution in [0.15, 0.2) is 36.4 Å². The Balaban J connectivity index is 2.26. The van der Waals surface area contributed by atoms with Crippen molar-refractivity contribution < 1.29 is 18.9 Å². The molecule has 0 aromatic heterocycles. The number of benzene rings is 2. The molecule has 0 atom stereocenters. The Morgan fingerprint density at radius 2 is 1.45 bits per heavy atom. The molecule has 0 fully saturated rings. The number of hydrogen-bond donors (Lipinski definition) is 0. The van der Waals surface area contributed by atoms with Gasteiger partial charge in [0.05, 0.1) is 13.2 Å². The SMILES string of the molecule is COCCOc1ccc2ccccc2c1OCCOC. The van der Waals surface area contributed by atoms with Crippen LogP contribution < -0.4 is 9.47 Å². The van der Waals surface area contributed by atoms with Gasteiger partial charge in [0.15, 0.2) is 11.5 Å². The van der Waals surface area contributed by atoms with Gasteiger partial charge in [-0.15, -0.1) is 0 Å². The van der Waals surface area contributed by atoms with Crippen LogP contribution in [0.4, 0.5) is 0 Å². The van der Waals surface area contributed by atoms with Gasteiger partial charge in [-0.2, -0.15) is 0 Å². The highest BCUT2D eigenvalue weighted by atomic mass is 16.5. The van der Waals surface area contributed by atoms with Crippen LogP contribution >= 0.6 is 0 Å². The summed E-state index contributed by atoms with van der Waals surface area (Å²) in [5, 5.41) is 2.16. The maximum absolute atomic E-state index is 5.83. The number of rotatable bonds is 8. The van der Waals surface area contributed by atoms with Crippen LogP contribution in [0.3, 0.4) is 0 Å². The molecular formula is C16H20O4. The first-order valence-corrected chi connectivity index (χ1v) is 6.62. The van der Waals surface area contributed by atoms with Crippen molar-refractivity contribution >= 4 is 10.8 Å². The molecule has 20 heavy (non-hydrogen) atoms. The second-order valence-corrected chi connectivity index (χ2v) is 4.30. The Kier molecular flexibility index (Phi) is 5.65. The fourth-order valence-corrected chi connectivity index (χ4v) is 1.95. The molecule has 0 bridgehead atoms. The Morgan fingerprint density at radius 3 is 2.20 bits per heavy atom. The third-order valence-corrected chi connectivity index (χ3v) is 2.92. The normalized spacial score (nSPS) is 10.7. The maximum atomic E-state index is 5.83. The summed E-state index contributed by atoms with van der Waals surface area (Å²) in [7, 11) is 3.31. The van der Waals surface area contributed by atoms with Crippen molar-refractivity contribution in [3.8, 4) is 11.5 Å². The molecule has 0 N–H and O–H groups in total. The van der Waals surface area contributed by atoms with Crippen molar-refractivity contribution in [1.29, 1.82) is 0 Å². The van der Waals surface area contributed by atoms with Crippen LogP contribution in [0.1, 0.15) is 0 Å². The van der Waals surface area contributed by atoms with E-state index in [1.54, 1.807) is 14.2 Å². The lowest BCUT2D eigenvalue weighted by Gasteiger charge is -2.15. The second kappa shape index (κ2) is 7.72. The minimum atomic E-state index is 0.491. The molecule has 0 radical (unpaired) electrons. The lowest BCUT2D eigenvalue weighted by molar-refractivity contribution is 0.133. The van der Waals surface area contributed by atoms with Gasteiger partial charge in [0.25, 0.3) is 0 Å². The van der Waals surface area contributed by atoms with Crippen LogP contribution in [-0.2, 0) is 9.47 Å². The predicted molar refractivity (Wildman–Crippen MR) is 78.7 cm³/mol. The molecule has 4 heteroatoms. The van der Waals surface area contributed by atoms with E-state index in [0.29, 0.717) is 26.4 Å². The van der Waals surface area contributed by atoms with Gasteiger partial charge < -0.3 is 18.9 Å². The molecule has 0 spiro atoms. The Bertz CT molecular complexity index is 539. The quantitative estimate of drug-likeness (QED) is 0.695. The molecule has 0 unspecified atom stereocenters. The number of hydrogen-bond acceptors (Lipinski definition) is 4. The average Bonchev–Trinajstić information content (AvgIpc) is 2.49. The van der Waals surface area contributed by atoms with Crippen molar-refractivity contribution in [1.82, 2.24) is 0 Å². The van der Waals surface area contributed by atoms with Crippen LogP contribution in [-0.4, -0.2) is 40.6 Å². The molecule has 0 heterocycles. The van der Waals surface area contributed by atoms with E-state index in [2.05, 4.69) is 6.07 Å². The second-order valence-electron chi connectivity index (χ2n) is 4.30. The summed E-state index contributed by atoms with van der Waals surface area (Å²) in [4.78, 5) is 0. The Morgan fingerprint density at radius 1 is 0.750 bits per heavy atom. The molecule has 0 aliphatic carbocycles. The monoisotopic (exact) mass is 276 g/mol. The van der Waals surface area contributed by atoms with Gasteiger partial charge in [0.2, 0.25) is 0 Å². The Hall–Kier alpha value is -1.78. The highest BCUT2D eigenvalue weighted by molar-refractivity contribution is 5.90. The maximum Gasteiger partial charge on any atom is 0.169 e. The molecule has 0 aliphatic rings. The van der Waals surface area contributed by atoms with Crippen molar-refractivity contribution in [2.24, 2.45) is 0 Å². The van der Waals surface area contributed by atoms with Crippen molar-refractivity contribution in [2.45, 2.75) is 0 Å². The standard InChI is InChI=1S/C16H20O4/c1-17-9-11-19-15-8-7-13-5-3-4-6-14(13)16(15)20-12-10-18-2/h3-8H,9-12H2,1-2H3. The van der Waals surface area contributed by atoms with E-state index < -0.39 is 0 Å². The number of ether oxygens (including phenoxy) is 4. The van der Waals surface area contributed by atoms with Gasteiger partial charge in [-0.1, -0.05) is 30.3 Å². The summed E-state index contributed by atoms with van der Waals surface area (Å²) in [6.45, 7) is 2.08. The fourth-order valence-electron chi connectivity index (χ4n) is 1.95. The highest BCUT2D eigenvalue weighted by Gasteiger charge is 2.10. The lowest BCUT2D eigenvalue weighted by Crippen LogP contribution is -2.08. The summed E-state index contributed by atoms with van der Waals surface area (Å²) in [6, 6.07) is 12.0. The zero-order valence-electron chi connectivity index (χ0n) is 11.9. The number of fused-ring (bicyclic) bond motifs is 1. The van der Waals surface area contributed by atoms with Gasteiger partial charge in [-0.05, 0) is 11.5 Å². The van der Waals surface area contributed by atoms with Gasteiger partial charge in [-0.3, -0.25) is 0 Å². The lowest BCUT2D eigenvalue weighted by atomic mass is 10.1. The summed E-state index contributed by atoms with van der Waals surface area (Å²) < 4.78 is 21.6. The number of methoxy groups -OCH3 is 2. The van der Waals surface area contributed by atoms with Crippen molar-refractivity contribution in [3.05, 3.63) is 36.4 Å². The minimum Gasteiger partial charge on any atom is -0.487 e. The smallest absolute Gasteiger partial charge is 0.169 e. The van der Waals surface area contributed by atoms with Crippen molar-refractivity contribution in [2.75, 3.05) is 40.6 Å². The molecule has 0 amide bonds. The van der Waals surface area contributed by atoms with Gasteiger partial charge in [0, 0.05) is 19.6 Å². The molecule has 4 nitrogen and oxygen atoms in total. The first kappa shape index (κ1) is 14.6. The van der Waals surface area contributed by atoms with Gasteiger partial charge in [0.1, 0.15) is 13.2 Å². The van der Waals surface area contributed by atoms with E-state index >= 15 is 0 Å². The fraction of sp³-hybridized carbons (Fsp3) is 0.375. The molecule has 0 saturated heterocycles. The summed E-state index contributed by atoms with van der Waals surface area (Å²) in [6.07, 6.45) is 0. The molecule has 108 valence electrons. The first-order valence-electron chi connectivity index (χ1n) is 6.62. The van der Waals surface area contributed by atoms with Crippen molar-refractivity contribution in [3.63, 3.8) is 0 Å². The molecule has 2 aromatic rings. The summed E-state index contributed by atoms with van der Waals surface area (Å²) in [5.41, 5.74) is 0. The highest BCUT2D eigenvalue weighted by Crippen LogP contribution is 2.35. The third-order valence-electron chi connectivity index (χ3n) is 2.92. The van der Waals surface area contributed by atoms with Crippen LogP contribution in [0.5, 0.6) is 11.5 Å². The van der Waals surface area contributed by atoms with E-state index in [1.807, 2.05) is 30.3 Å².